The van der Waals surface area contributed by atoms with Crippen molar-refractivity contribution in [1.82, 2.24) is 15.0 Å². The van der Waals surface area contributed by atoms with Gasteiger partial charge in [-0.15, -0.1) is 12.4 Å². The molecule has 2 heterocycles. The molecule has 1 aromatic heterocycles. The van der Waals surface area contributed by atoms with Gasteiger partial charge in [0.1, 0.15) is 4.90 Å². The second kappa shape index (κ2) is 5.58. The molecule has 1 aliphatic heterocycles. The van der Waals surface area contributed by atoms with E-state index in [1.54, 1.807) is 12.3 Å². The summed E-state index contributed by atoms with van der Waals surface area (Å²) in [5, 5.41) is 3.10. The van der Waals surface area contributed by atoms with Gasteiger partial charge in [-0.3, -0.25) is 4.98 Å². The minimum absolute atomic E-state index is 0. The number of halogens is 1. The standard InChI is InChI=1S/C9H13N3O2S.ClH/c13-15(14,9-2-1-4-10-7-9)12-8-3-5-11-6-8;/h1-2,4,7-8,11-12H,3,5-6H2;1H. The molecule has 1 aromatic rings. The summed E-state index contributed by atoms with van der Waals surface area (Å²) in [6.45, 7) is 1.56. The van der Waals surface area contributed by atoms with Crippen LogP contribution < -0.4 is 10.0 Å². The highest BCUT2D eigenvalue weighted by Gasteiger charge is 2.22. The Labute approximate surface area is 101 Å². The van der Waals surface area contributed by atoms with Crippen LogP contribution in [0.15, 0.2) is 29.4 Å². The van der Waals surface area contributed by atoms with Gasteiger partial charge < -0.3 is 5.32 Å². The van der Waals surface area contributed by atoms with Gasteiger partial charge in [0.2, 0.25) is 10.0 Å². The molecule has 1 unspecified atom stereocenters. The van der Waals surface area contributed by atoms with E-state index in [-0.39, 0.29) is 23.3 Å². The highest BCUT2D eigenvalue weighted by molar-refractivity contribution is 7.89. The van der Waals surface area contributed by atoms with E-state index in [0.717, 1.165) is 13.0 Å². The predicted octanol–water partition coefficient (Wildman–Crippen LogP) is 0.144. The fraction of sp³-hybridized carbons (Fsp3) is 0.444. The highest BCUT2D eigenvalue weighted by atomic mass is 35.5. The number of aromatic nitrogens is 1. The Kier molecular flexibility index (Phi) is 4.67. The van der Waals surface area contributed by atoms with E-state index in [9.17, 15) is 8.42 Å². The van der Waals surface area contributed by atoms with E-state index in [1.807, 2.05) is 0 Å². The first-order chi connectivity index (χ1) is 7.18. The number of nitrogens with one attached hydrogen (secondary N) is 2. The second-order valence-corrected chi connectivity index (χ2v) is 5.21. The van der Waals surface area contributed by atoms with Gasteiger partial charge in [0.15, 0.2) is 0 Å². The Hall–Kier alpha value is -0.690. The number of nitrogens with zero attached hydrogens (tertiary/aromatic N) is 1. The normalized spacial score (nSPS) is 20.4. The second-order valence-electron chi connectivity index (χ2n) is 3.50. The van der Waals surface area contributed by atoms with Crippen LogP contribution in [0.1, 0.15) is 6.42 Å². The van der Waals surface area contributed by atoms with E-state index in [2.05, 4.69) is 15.0 Å². The Morgan fingerprint density at radius 2 is 2.31 bits per heavy atom. The summed E-state index contributed by atoms with van der Waals surface area (Å²) in [6.07, 6.45) is 3.74. The Bertz CT molecular complexity index is 418. The van der Waals surface area contributed by atoms with Crippen molar-refractivity contribution in [2.45, 2.75) is 17.4 Å². The van der Waals surface area contributed by atoms with Crippen molar-refractivity contribution in [2.24, 2.45) is 0 Å². The lowest BCUT2D eigenvalue weighted by Gasteiger charge is -2.11. The zero-order valence-electron chi connectivity index (χ0n) is 8.59. The Morgan fingerprint density at radius 3 is 2.88 bits per heavy atom. The molecular weight excluding hydrogens is 250 g/mol. The SMILES string of the molecule is Cl.O=S(=O)(NC1CCNC1)c1cccnc1. The zero-order chi connectivity index (χ0) is 10.7. The fourth-order valence-corrected chi connectivity index (χ4v) is 2.78. The van der Waals surface area contributed by atoms with Gasteiger partial charge in [0, 0.05) is 25.0 Å². The highest BCUT2D eigenvalue weighted by Crippen LogP contribution is 2.08. The van der Waals surface area contributed by atoms with Crippen LogP contribution in [0, 0.1) is 0 Å². The topological polar surface area (TPSA) is 71.1 Å². The first-order valence-electron chi connectivity index (χ1n) is 4.81. The van der Waals surface area contributed by atoms with Gasteiger partial charge in [-0.2, -0.15) is 0 Å². The number of pyridine rings is 1. The molecule has 0 saturated carbocycles. The lowest BCUT2D eigenvalue weighted by atomic mass is 10.3. The van der Waals surface area contributed by atoms with E-state index >= 15 is 0 Å². The molecule has 0 aliphatic carbocycles. The molecule has 16 heavy (non-hydrogen) atoms. The van der Waals surface area contributed by atoms with Crippen molar-refractivity contribution >= 4 is 22.4 Å². The lowest BCUT2D eigenvalue weighted by molar-refractivity contribution is 0.560. The van der Waals surface area contributed by atoms with Gasteiger partial charge in [-0.25, -0.2) is 13.1 Å². The number of hydrogen-bond acceptors (Lipinski definition) is 4. The summed E-state index contributed by atoms with van der Waals surface area (Å²) in [4.78, 5) is 4.01. The zero-order valence-corrected chi connectivity index (χ0v) is 10.2. The Balaban J connectivity index is 0.00000128. The molecule has 1 atom stereocenters. The van der Waals surface area contributed by atoms with Crippen LogP contribution >= 0.6 is 12.4 Å². The average molecular weight is 264 g/mol. The maximum absolute atomic E-state index is 11.8. The van der Waals surface area contributed by atoms with Crippen LogP contribution in [-0.4, -0.2) is 32.5 Å². The number of hydrogen-bond donors (Lipinski definition) is 2. The molecule has 1 aliphatic rings. The van der Waals surface area contributed by atoms with Crippen LogP contribution in [0.5, 0.6) is 0 Å². The predicted molar refractivity (Wildman–Crippen MR) is 63.1 cm³/mol. The number of sulfonamides is 1. The van der Waals surface area contributed by atoms with Crippen molar-refractivity contribution in [2.75, 3.05) is 13.1 Å². The molecule has 0 aromatic carbocycles. The summed E-state index contributed by atoms with van der Waals surface area (Å²) in [7, 11) is -3.40. The van der Waals surface area contributed by atoms with E-state index < -0.39 is 10.0 Å². The van der Waals surface area contributed by atoms with Gasteiger partial charge in [0.25, 0.3) is 0 Å². The maximum Gasteiger partial charge on any atom is 0.242 e. The van der Waals surface area contributed by atoms with Crippen LogP contribution in [0.25, 0.3) is 0 Å². The fourth-order valence-electron chi connectivity index (χ4n) is 1.55. The van der Waals surface area contributed by atoms with Crippen LogP contribution in [-0.2, 0) is 10.0 Å². The first-order valence-corrected chi connectivity index (χ1v) is 6.30. The summed E-state index contributed by atoms with van der Waals surface area (Å²) in [5.41, 5.74) is 0. The molecule has 7 heteroatoms. The summed E-state index contributed by atoms with van der Waals surface area (Å²) < 4.78 is 26.3. The molecule has 1 fully saturated rings. The van der Waals surface area contributed by atoms with Crippen LogP contribution in [0.3, 0.4) is 0 Å². The van der Waals surface area contributed by atoms with Crippen molar-refractivity contribution in [3.63, 3.8) is 0 Å². The summed E-state index contributed by atoms with van der Waals surface area (Å²) >= 11 is 0. The summed E-state index contributed by atoms with van der Waals surface area (Å²) in [5.74, 6) is 0. The van der Waals surface area contributed by atoms with Crippen LogP contribution in [0.4, 0.5) is 0 Å². The molecule has 2 N–H and O–H groups in total. The Morgan fingerprint density at radius 1 is 1.50 bits per heavy atom. The third kappa shape index (κ3) is 3.15. The third-order valence-corrected chi connectivity index (χ3v) is 3.83. The molecule has 2 rings (SSSR count). The van der Waals surface area contributed by atoms with Crippen molar-refractivity contribution in [3.8, 4) is 0 Å². The van der Waals surface area contributed by atoms with E-state index in [4.69, 9.17) is 0 Å². The lowest BCUT2D eigenvalue weighted by Crippen LogP contribution is -2.36. The molecule has 0 amide bonds. The van der Waals surface area contributed by atoms with E-state index in [0.29, 0.717) is 6.54 Å². The van der Waals surface area contributed by atoms with Gasteiger partial charge in [-0.05, 0) is 25.1 Å². The largest absolute Gasteiger partial charge is 0.315 e. The van der Waals surface area contributed by atoms with E-state index in [1.165, 1.54) is 12.3 Å². The molecule has 1 saturated heterocycles. The minimum atomic E-state index is -3.40. The summed E-state index contributed by atoms with van der Waals surface area (Å²) in [6, 6.07) is 3.15. The molecule has 0 bridgehead atoms. The third-order valence-electron chi connectivity index (χ3n) is 2.33. The first kappa shape index (κ1) is 13.4. The van der Waals surface area contributed by atoms with Gasteiger partial charge >= 0.3 is 0 Å². The molecule has 5 nitrogen and oxygen atoms in total. The molecule has 0 radical (unpaired) electrons. The number of rotatable bonds is 3. The molecule has 0 spiro atoms. The maximum atomic E-state index is 11.8. The van der Waals surface area contributed by atoms with Crippen molar-refractivity contribution in [1.29, 1.82) is 0 Å². The average Bonchev–Trinajstić information content (AvgIpc) is 2.71. The van der Waals surface area contributed by atoms with Gasteiger partial charge in [-0.1, -0.05) is 0 Å². The quantitative estimate of drug-likeness (QED) is 0.814. The van der Waals surface area contributed by atoms with Crippen LogP contribution in [0.2, 0.25) is 0 Å². The van der Waals surface area contributed by atoms with Crippen molar-refractivity contribution in [3.05, 3.63) is 24.5 Å². The van der Waals surface area contributed by atoms with Gasteiger partial charge in [0.05, 0.1) is 0 Å². The monoisotopic (exact) mass is 263 g/mol. The molecular formula is C9H14ClN3O2S. The molecule has 90 valence electrons. The minimum Gasteiger partial charge on any atom is -0.315 e. The smallest absolute Gasteiger partial charge is 0.242 e. The van der Waals surface area contributed by atoms with Crippen molar-refractivity contribution < 1.29 is 8.42 Å².